The highest BCUT2D eigenvalue weighted by Crippen LogP contribution is 2.26. The molecule has 0 aliphatic carbocycles. The van der Waals surface area contributed by atoms with Gasteiger partial charge in [-0.25, -0.2) is 19.2 Å². The topological polar surface area (TPSA) is 135 Å². The lowest BCUT2D eigenvalue weighted by Crippen LogP contribution is -2.48. The number of hydrogen-bond donors (Lipinski definition) is 2. The molecule has 0 saturated carbocycles. The van der Waals surface area contributed by atoms with E-state index in [9.17, 15) is 24.3 Å². The molecule has 1 saturated heterocycles. The number of alkyl carbamates (subject to hydrolysis) is 1. The van der Waals surface area contributed by atoms with E-state index < -0.39 is 53.1 Å². The summed E-state index contributed by atoms with van der Waals surface area (Å²) in [6, 6.07) is -1.80. The van der Waals surface area contributed by atoms with Gasteiger partial charge in [-0.3, -0.25) is 4.90 Å². The van der Waals surface area contributed by atoms with Crippen LogP contribution in [0.25, 0.3) is 0 Å². The van der Waals surface area contributed by atoms with Crippen LogP contribution in [0.1, 0.15) is 68.7 Å². The highest BCUT2D eigenvalue weighted by molar-refractivity contribution is 5.81. The first-order valence-corrected chi connectivity index (χ1v) is 11.0. The first-order chi connectivity index (χ1) is 14.8. The summed E-state index contributed by atoms with van der Waals surface area (Å²) < 4.78 is 16.0. The first kappa shape index (κ1) is 28.3. The number of nitrogens with zero attached hydrogens (tertiary/aromatic N) is 2. The zero-order valence-corrected chi connectivity index (χ0v) is 21.2. The number of ether oxygens (including phenoxy) is 3. The Balaban J connectivity index is 3.01. The fourth-order valence-electron chi connectivity index (χ4n) is 3.13. The van der Waals surface area contributed by atoms with Gasteiger partial charge in [-0.15, -0.1) is 0 Å². The average molecular weight is 474 g/mol. The van der Waals surface area contributed by atoms with E-state index in [0.717, 1.165) is 4.90 Å². The highest BCUT2D eigenvalue weighted by atomic mass is 16.6. The summed E-state index contributed by atoms with van der Waals surface area (Å²) >= 11 is 0. The molecule has 2 N–H and O–H groups in total. The van der Waals surface area contributed by atoms with Gasteiger partial charge in [0, 0.05) is 26.1 Å². The minimum atomic E-state index is -1.20. The molecule has 1 fully saturated rings. The predicted molar refractivity (Wildman–Crippen MR) is 120 cm³/mol. The maximum Gasteiger partial charge on any atom is 0.411 e. The molecular weight excluding hydrogens is 434 g/mol. The lowest BCUT2D eigenvalue weighted by atomic mass is 10.1. The van der Waals surface area contributed by atoms with Crippen LogP contribution in [0.15, 0.2) is 0 Å². The van der Waals surface area contributed by atoms with Crippen molar-refractivity contribution in [2.24, 2.45) is 0 Å². The normalized spacial score (nSPS) is 19.0. The van der Waals surface area contributed by atoms with Crippen LogP contribution in [-0.2, 0) is 19.0 Å². The number of rotatable bonds is 5. The first-order valence-electron chi connectivity index (χ1n) is 11.0. The van der Waals surface area contributed by atoms with Crippen LogP contribution in [0.2, 0.25) is 0 Å². The summed E-state index contributed by atoms with van der Waals surface area (Å²) in [5.41, 5.74) is -2.27. The van der Waals surface area contributed by atoms with E-state index in [-0.39, 0.29) is 26.1 Å². The Kier molecular flexibility index (Phi) is 8.99. The second-order valence-electron chi connectivity index (χ2n) is 11.0. The van der Waals surface area contributed by atoms with Crippen LogP contribution in [0.3, 0.4) is 0 Å². The van der Waals surface area contributed by atoms with Crippen molar-refractivity contribution in [2.45, 2.75) is 97.6 Å². The minimum absolute atomic E-state index is 0.000255. The fraction of sp³-hybridized carbons (Fsp3) is 0.818. The number of carbonyl (C=O) groups excluding carboxylic acids is 3. The van der Waals surface area contributed by atoms with E-state index >= 15 is 0 Å². The van der Waals surface area contributed by atoms with Crippen molar-refractivity contribution in [3.63, 3.8) is 0 Å². The summed E-state index contributed by atoms with van der Waals surface area (Å²) in [4.78, 5) is 51.8. The quantitative estimate of drug-likeness (QED) is 0.581. The van der Waals surface area contributed by atoms with Gasteiger partial charge in [-0.05, 0) is 62.3 Å². The summed E-state index contributed by atoms with van der Waals surface area (Å²) in [5, 5.41) is 12.2. The molecular formula is C22H39N3O8. The Labute approximate surface area is 195 Å². The lowest BCUT2D eigenvalue weighted by molar-refractivity contribution is -0.142. The third-order valence-corrected chi connectivity index (χ3v) is 4.28. The molecule has 1 aliphatic heterocycles. The number of hydrogen-bond acceptors (Lipinski definition) is 7. The molecule has 3 amide bonds. The van der Waals surface area contributed by atoms with Crippen molar-refractivity contribution in [3.8, 4) is 0 Å². The fourth-order valence-corrected chi connectivity index (χ4v) is 3.13. The molecule has 190 valence electrons. The molecule has 0 radical (unpaired) electrons. The molecule has 1 aliphatic rings. The van der Waals surface area contributed by atoms with E-state index in [0.29, 0.717) is 0 Å². The van der Waals surface area contributed by atoms with Gasteiger partial charge >= 0.3 is 24.2 Å². The number of nitrogens with one attached hydrogen (secondary N) is 1. The molecule has 11 heteroatoms. The summed E-state index contributed by atoms with van der Waals surface area (Å²) in [5.74, 6) is -1.20. The zero-order valence-electron chi connectivity index (χ0n) is 21.2. The largest absolute Gasteiger partial charge is 0.480 e. The monoisotopic (exact) mass is 473 g/mol. The van der Waals surface area contributed by atoms with Gasteiger partial charge in [0.2, 0.25) is 0 Å². The molecule has 1 heterocycles. The van der Waals surface area contributed by atoms with E-state index in [2.05, 4.69) is 5.32 Å². The van der Waals surface area contributed by atoms with Crippen molar-refractivity contribution in [2.75, 3.05) is 19.6 Å². The Hall–Kier alpha value is -2.72. The van der Waals surface area contributed by atoms with Crippen LogP contribution in [0.4, 0.5) is 14.4 Å². The number of likely N-dealkylation sites (tertiary alicyclic amines) is 1. The van der Waals surface area contributed by atoms with E-state index in [4.69, 9.17) is 14.2 Å². The Morgan fingerprint density at radius 3 is 1.88 bits per heavy atom. The Morgan fingerprint density at radius 1 is 0.909 bits per heavy atom. The summed E-state index contributed by atoms with van der Waals surface area (Å²) in [7, 11) is 0. The molecule has 2 atom stereocenters. The third kappa shape index (κ3) is 10.2. The van der Waals surface area contributed by atoms with E-state index in [1.54, 1.807) is 62.3 Å². The van der Waals surface area contributed by atoms with Gasteiger partial charge in [0.05, 0.1) is 6.04 Å². The maximum absolute atomic E-state index is 12.9. The molecule has 1 rings (SSSR count). The molecule has 0 aromatic heterocycles. The van der Waals surface area contributed by atoms with E-state index in [1.807, 2.05) is 0 Å². The maximum atomic E-state index is 12.9. The number of carbonyl (C=O) groups is 4. The standard InChI is InChI=1S/C22H39N3O8/c1-20(2,3)31-17(28)23-10-11-24(18(29)32-21(4,5)6)14-12-15(16(26)27)25(13-14)19(30)33-22(7,8)9/h14-15H,10-13H2,1-9H3,(H,23,28)(H,26,27). The molecule has 11 nitrogen and oxygen atoms in total. The molecule has 2 unspecified atom stereocenters. The van der Waals surface area contributed by atoms with Gasteiger partial charge < -0.3 is 29.5 Å². The second kappa shape index (κ2) is 10.5. The van der Waals surface area contributed by atoms with Gasteiger partial charge in [0.15, 0.2) is 0 Å². The molecule has 0 aromatic carbocycles. The molecule has 0 aromatic rings. The van der Waals surface area contributed by atoms with Gasteiger partial charge in [-0.2, -0.15) is 0 Å². The van der Waals surface area contributed by atoms with Crippen LogP contribution in [0.5, 0.6) is 0 Å². The van der Waals surface area contributed by atoms with Crippen molar-refractivity contribution in [1.82, 2.24) is 15.1 Å². The van der Waals surface area contributed by atoms with Crippen molar-refractivity contribution < 1.29 is 38.5 Å². The zero-order chi connectivity index (χ0) is 25.8. The van der Waals surface area contributed by atoms with Gasteiger partial charge in [0.25, 0.3) is 0 Å². The van der Waals surface area contributed by atoms with Crippen LogP contribution >= 0.6 is 0 Å². The second-order valence-corrected chi connectivity index (χ2v) is 11.0. The number of carboxylic acids is 1. The van der Waals surface area contributed by atoms with Crippen LogP contribution < -0.4 is 5.32 Å². The minimum Gasteiger partial charge on any atom is -0.480 e. The van der Waals surface area contributed by atoms with Crippen LogP contribution in [0, 0.1) is 0 Å². The SMILES string of the molecule is CC(C)(C)OC(=O)NCCN(C(=O)OC(C)(C)C)C1CC(C(=O)O)N(C(=O)OC(C)(C)C)C1. The summed E-state index contributed by atoms with van der Waals surface area (Å²) in [6.45, 7) is 15.4. The highest BCUT2D eigenvalue weighted by Gasteiger charge is 2.45. The summed E-state index contributed by atoms with van der Waals surface area (Å²) in [6.07, 6.45) is -2.08. The average Bonchev–Trinajstić information content (AvgIpc) is 2.99. The van der Waals surface area contributed by atoms with Crippen LogP contribution in [-0.4, -0.2) is 87.7 Å². The van der Waals surface area contributed by atoms with Gasteiger partial charge in [0.1, 0.15) is 22.8 Å². The number of carboxylic acid groups (broad SMARTS) is 1. The Bertz CT molecular complexity index is 733. The van der Waals surface area contributed by atoms with Crippen molar-refractivity contribution >= 4 is 24.2 Å². The van der Waals surface area contributed by atoms with E-state index in [1.165, 1.54) is 4.90 Å². The lowest BCUT2D eigenvalue weighted by Gasteiger charge is -2.32. The van der Waals surface area contributed by atoms with Crippen molar-refractivity contribution in [3.05, 3.63) is 0 Å². The number of amides is 3. The molecule has 33 heavy (non-hydrogen) atoms. The number of aliphatic carboxylic acids is 1. The Morgan fingerprint density at radius 2 is 1.42 bits per heavy atom. The van der Waals surface area contributed by atoms with Crippen molar-refractivity contribution in [1.29, 1.82) is 0 Å². The third-order valence-electron chi connectivity index (χ3n) is 4.28. The smallest absolute Gasteiger partial charge is 0.411 e. The predicted octanol–water partition coefficient (Wildman–Crippen LogP) is 3.21. The van der Waals surface area contributed by atoms with Gasteiger partial charge in [-0.1, -0.05) is 0 Å². The molecule has 0 spiro atoms. The molecule has 0 bridgehead atoms.